The van der Waals surface area contributed by atoms with Gasteiger partial charge in [0, 0.05) is 6.54 Å². The second kappa shape index (κ2) is 3.21. The van der Waals surface area contributed by atoms with Gasteiger partial charge in [-0.15, -0.1) is 0 Å². The van der Waals surface area contributed by atoms with Crippen molar-refractivity contribution in [3.63, 3.8) is 0 Å². The Morgan fingerprint density at radius 1 is 1.56 bits per heavy atom. The fourth-order valence-electron chi connectivity index (χ4n) is 1.37. The predicted molar refractivity (Wildman–Crippen MR) is 40.2 cm³/mol. The van der Waals surface area contributed by atoms with Gasteiger partial charge in [-0.25, -0.2) is 0 Å². The van der Waals surface area contributed by atoms with Crippen LogP contribution in [0.3, 0.4) is 0 Å². The summed E-state index contributed by atoms with van der Waals surface area (Å²) in [4.78, 5) is 0. The zero-order valence-electron chi connectivity index (χ0n) is 6.41. The molecule has 1 heterocycles. The summed E-state index contributed by atoms with van der Waals surface area (Å²) in [5.41, 5.74) is 0. The van der Waals surface area contributed by atoms with E-state index in [1.165, 1.54) is 25.9 Å². The molecule has 0 aromatic rings. The summed E-state index contributed by atoms with van der Waals surface area (Å²) in [6.07, 6.45) is 2.64. The average molecular weight is 126 g/mol. The molecule has 1 nitrogen and oxygen atoms in total. The summed E-state index contributed by atoms with van der Waals surface area (Å²) in [6.45, 7) is 6.96. The van der Waals surface area contributed by atoms with Crippen molar-refractivity contribution >= 4 is 0 Å². The first-order valence-corrected chi connectivity index (χ1v) is 3.83. The van der Waals surface area contributed by atoms with Gasteiger partial charge in [-0.3, -0.25) is 0 Å². The van der Waals surface area contributed by atoms with Crippen molar-refractivity contribution in [1.29, 1.82) is 0 Å². The molecule has 1 aliphatic heterocycles. The van der Waals surface area contributed by atoms with Gasteiger partial charge in [0.15, 0.2) is 0 Å². The SMILES string of the molecule is CC(C)C[C]1CCNC1. The first-order valence-electron chi connectivity index (χ1n) is 3.83. The molecule has 0 bridgehead atoms. The van der Waals surface area contributed by atoms with E-state index in [4.69, 9.17) is 0 Å². The van der Waals surface area contributed by atoms with Crippen molar-refractivity contribution in [2.75, 3.05) is 13.1 Å². The van der Waals surface area contributed by atoms with Crippen LogP contribution >= 0.6 is 0 Å². The molecule has 1 saturated heterocycles. The normalized spacial score (nSPS) is 21.7. The Morgan fingerprint density at radius 3 is 2.78 bits per heavy atom. The molecule has 0 aromatic carbocycles. The lowest BCUT2D eigenvalue weighted by Gasteiger charge is -2.08. The van der Waals surface area contributed by atoms with Crippen molar-refractivity contribution in [3.8, 4) is 0 Å². The van der Waals surface area contributed by atoms with Crippen LogP contribution in [0.5, 0.6) is 0 Å². The molecular weight excluding hydrogens is 110 g/mol. The Labute approximate surface area is 57.8 Å². The standard InChI is InChI=1S/C8H16N/c1-7(2)5-8-3-4-9-6-8/h7,9H,3-6H2,1-2H3. The van der Waals surface area contributed by atoms with E-state index in [1.54, 1.807) is 5.92 Å². The maximum atomic E-state index is 3.34. The van der Waals surface area contributed by atoms with Gasteiger partial charge in [-0.05, 0) is 31.2 Å². The van der Waals surface area contributed by atoms with E-state index in [1.807, 2.05) is 0 Å². The number of hydrogen-bond donors (Lipinski definition) is 1. The van der Waals surface area contributed by atoms with E-state index in [0.717, 1.165) is 5.92 Å². The van der Waals surface area contributed by atoms with Gasteiger partial charge in [0.2, 0.25) is 0 Å². The van der Waals surface area contributed by atoms with Crippen LogP contribution in [-0.2, 0) is 0 Å². The summed E-state index contributed by atoms with van der Waals surface area (Å²) in [5, 5.41) is 3.34. The smallest absolute Gasteiger partial charge is 0.00142 e. The highest BCUT2D eigenvalue weighted by molar-refractivity contribution is 4.98. The lowest BCUT2D eigenvalue weighted by atomic mass is 9.97. The van der Waals surface area contributed by atoms with Crippen LogP contribution in [0.2, 0.25) is 0 Å². The molecule has 53 valence electrons. The highest BCUT2D eigenvalue weighted by atomic mass is 14.9. The van der Waals surface area contributed by atoms with Gasteiger partial charge in [0.25, 0.3) is 0 Å². The topological polar surface area (TPSA) is 12.0 Å². The van der Waals surface area contributed by atoms with Crippen molar-refractivity contribution < 1.29 is 0 Å². The summed E-state index contributed by atoms with van der Waals surface area (Å²) >= 11 is 0. The molecule has 0 saturated carbocycles. The van der Waals surface area contributed by atoms with Crippen LogP contribution < -0.4 is 5.32 Å². The Bertz CT molecular complexity index is 72.6. The Kier molecular flexibility index (Phi) is 2.52. The lowest BCUT2D eigenvalue weighted by Crippen LogP contribution is -2.08. The molecule has 0 amide bonds. The molecule has 0 aliphatic carbocycles. The molecule has 0 spiro atoms. The second-order valence-electron chi connectivity index (χ2n) is 3.27. The molecule has 1 fully saturated rings. The molecule has 1 N–H and O–H groups in total. The van der Waals surface area contributed by atoms with Gasteiger partial charge < -0.3 is 5.32 Å². The zero-order valence-corrected chi connectivity index (χ0v) is 6.41. The molecule has 1 radical (unpaired) electrons. The van der Waals surface area contributed by atoms with Crippen LogP contribution in [-0.4, -0.2) is 13.1 Å². The maximum Gasteiger partial charge on any atom is 0.00142 e. The molecular formula is C8H16N. The first-order chi connectivity index (χ1) is 4.29. The summed E-state index contributed by atoms with van der Waals surface area (Å²) in [7, 11) is 0. The van der Waals surface area contributed by atoms with E-state index in [2.05, 4.69) is 19.2 Å². The molecule has 0 atom stereocenters. The second-order valence-corrected chi connectivity index (χ2v) is 3.27. The van der Waals surface area contributed by atoms with Gasteiger partial charge in [-0.2, -0.15) is 0 Å². The van der Waals surface area contributed by atoms with Gasteiger partial charge in [0.1, 0.15) is 0 Å². The quantitative estimate of drug-likeness (QED) is 0.592. The summed E-state index contributed by atoms with van der Waals surface area (Å²) in [5.74, 6) is 2.56. The number of rotatable bonds is 2. The third-order valence-electron chi connectivity index (χ3n) is 1.73. The Hall–Kier alpha value is -0.0400. The molecule has 1 rings (SSSR count). The van der Waals surface area contributed by atoms with E-state index in [-0.39, 0.29) is 0 Å². The average Bonchev–Trinajstić information content (AvgIpc) is 2.15. The van der Waals surface area contributed by atoms with Gasteiger partial charge >= 0.3 is 0 Å². The highest BCUT2D eigenvalue weighted by Crippen LogP contribution is 2.19. The fraction of sp³-hybridized carbons (Fsp3) is 0.875. The monoisotopic (exact) mass is 126 g/mol. The Morgan fingerprint density at radius 2 is 2.33 bits per heavy atom. The molecule has 1 aliphatic rings. The minimum absolute atomic E-state index is 0.847. The fourth-order valence-corrected chi connectivity index (χ4v) is 1.37. The highest BCUT2D eigenvalue weighted by Gasteiger charge is 2.15. The summed E-state index contributed by atoms with van der Waals surface area (Å²) < 4.78 is 0. The van der Waals surface area contributed by atoms with E-state index >= 15 is 0 Å². The number of hydrogen-bond acceptors (Lipinski definition) is 1. The Balaban J connectivity index is 2.11. The van der Waals surface area contributed by atoms with Crippen molar-refractivity contribution in [2.24, 2.45) is 5.92 Å². The van der Waals surface area contributed by atoms with E-state index < -0.39 is 0 Å². The van der Waals surface area contributed by atoms with Crippen LogP contribution in [0.25, 0.3) is 0 Å². The van der Waals surface area contributed by atoms with Crippen LogP contribution in [0.15, 0.2) is 0 Å². The van der Waals surface area contributed by atoms with E-state index in [0.29, 0.717) is 0 Å². The molecule has 1 heteroatoms. The lowest BCUT2D eigenvalue weighted by molar-refractivity contribution is 0.585. The summed E-state index contributed by atoms with van der Waals surface area (Å²) in [6, 6.07) is 0. The van der Waals surface area contributed by atoms with Gasteiger partial charge in [0.05, 0.1) is 0 Å². The number of nitrogens with one attached hydrogen (secondary N) is 1. The third-order valence-corrected chi connectivity index (χ3v) is 1.73. The van der Waals surface area contributed by atoms with Crippen LogP contribution in [0.1, 0.15) is 26.7 Å². The van der Waals surface area contributed by atoms with E-state index in [9.17, 15) is 0 Å². The maximum absolute atomic E-state index is 3.34. The van der Waals surface area contributed by atoms with Crippen molar-refractivity contribution in [2.45, 2.75) is 26.7 Å². The largest absolute Gasteiger partial charge is 0.316 e. The predicted octanol–water partition coefficient (Wildman–Crippen LogP) is 1.60. The zero-order chi connectivity index (χ0) is 6.69. The molecule has 0 unspecified atom stereocenters. The van der Waals surface area contributed by atoms with Crippen LogP contribution in [0.4, 0.5) is 0 Å². The minimum Gasteiger partial charge on any atom is -0.316 e. The molecule has 9 heavy (non-hydrogen) atoms. The molecule has 0 aromatic heterocycles. The van der Waals surface area contributed by atoms with Crippen LogP contribution in [0, 0.1) is 11.8 Å². The van der Waals surface area contributed by atoms with Gasteiger partial charge in [-0.1, -0.05) is 13.8 Å². The van der Waals surface area contributed by atoms with Crippen molar-refractivity contribution in [3.05, 3.63) is 5.92 Å². The first kappa shape index (κ1) is 7.07. The minimum atomic E-state index is 0.847. The van der Waals surface area contributed by atoms with Crippen molar-refractivity contribution in [1.82, 2.24) is 5.32 Å². The third kappa shape index (κ3) is 2.35.